The van der Waals surface area contributed by atoms with Gasteiger partial charge in [-0.05, 0) is 65.3 Å². The second kappa shape index (κ2) is 10.0. The molecule has 1 N–H and O–H groups in total. The van der Waals surface area contributed by atoms with Crippen LogP contribution in [0.25, 0.3) is 21.3 Å². The molecule has 6 heteroatoms. The van der Waals surface area contributed by atoms with E-state index in [1.54, 1.807) is 22.2 Å². The molecule has 6 rings (SSSR count). The summed E-state index contributed by atoms with van der Waals surface area (Å²) < 4.78 is 1.75. The van der Waals surface area contributed by atoms with Gasteiger partial charge in [-0.2, -0.15) is 0 Å². The molecule has 36 heavy (non-hydrogen) atoms. The van der Waals surface area contributed by atoms with E-state index in [0.717, 1.165) is 52.2 Å². The van der Waals surface area contributed by atoms with Gasteiger partial charge in [0.1, 0.15) is 4.83 Å². The Bertz CT molecular complexity index is 1570. The molecule has 0 saturated carbocycles. The third-order valence-corrected chi connectivity index (χ3v) is 8.35. The summed E-state index contributed by atoms with van der Waals surface area (Å²) in [7, 11) is 0. The Morgan fingerprint density at radius 2 is 1.78 bits per heavy atom. The second-order valence-electron chi connectivity index (χ2n) is 9.38. The van der Waals surface area contributed by atoms with Gasteiger partial charge in [0.25, 0.3) is 5.56 Å². The summed E-state index contributed by atoms with van der Waals surface area (Å²) in [6, 6.07) is 27.1. The average Bonchev–Trinajstić information content (AvgIpc) is 3.29. The molecule has 1 atom stereocenters. The number of benzene rings is 3. The molecule has 0 saturated heterocycles. The number of fused-ring (bicyclic) bond motifs is 3. The first-order valence-corrected chi connectivity index (χ1v) is 13.5. The summed E-state index contributed by atoms with van der Waals surface area (Å²) >= 11 is 7.68. The Labute approximate surface area is 219 Å². The monoisotopic (exact) mass is 511 g/mol. The van der Waals surface area contributed by atoms with E-state index in [2.05, 4.69) is 53.8 Å². The van der Waals surface area contributed by atoms with Crippen molar-refractivity contribution >= 4 is 33.2 Å². The minimum atomic E-state index is 0.0650. The van der Waals surface area contributed by atoms with E-state index in [1.165, 1.54) is 21.6 Å². The molecule has 3 aromatic carbocycles. The highest BCUT2D eigenvalue weighted by molar-refractivity contribution is 7.18. The highest BCUT2D eigenvalue weighted by Gasteiger charge is 2.25. The molecule has 180 valence electrons. The Hall–Kier alpha value is -3.25. The van der Waals surface area contributed by atoms with E-state index >= 15 is 0 Å². The fourth-order valence-electron chi connectivity index (χ4n) is 5.03. The van der Waals surface area contributed by atoms with Crippen LogP contribution in [0.3, 0.4) is 0 Å². The number of hydrogen-bond donors (Lipinski definition) is 1. The van der Waals surface area contributed by atoms with Gasteiger partial charge in [-0.15, -0.1) is 11.3 Å². The Morgan fingerprint density at radius 1 is 0.972 bits per heavy atom. The van der Waals surface area contributed by atoms with Crippen LogP contribution in [0, 0.1) is 0 Å². The van der Waals surface area contributed by atoms with Crippen molar-refractivity contribution in [1.29, 1.82) is 0 Å². The standard InChI is InChI=1S/C30H26ClN3OS/c31-24-11-9-20(10-12-24)17-32-25-13-14-26-27(16-25)36-29-28(26)30(35)34(19-33-29)18-21-5-4-8-23(15-21)22-6-2-1-3-7-22/h1-12,15,19,25,32H,13-14,16-18H2. The van der Waals surface area contributed by atoms with Crippen LogP contribution in [0.1, 0.15) is 28.0 Å². The van der Waals surface area contributed by atoms with Gasteiger partial charge in [0.15, 0.2) is 0 Å². The minimum absolute atomic E-state index is 0.0650. The number of thiophene rings is 1. The maximum Gasteiger partial charge on any atom is 0.262 e. The van der Waals surface area contributed by atoms with E-state index in [-0.39, 0.29) is 5.56 Å². The second-order valence-corrected chi connectivity index (χ2v) is 10.9. The van der Waals surface area contributed by atoms with Gasteiger partial charge in [0.2, 0.25) is 0 Å². The molecule has 2 aromatic heterocycles. The largest absolute Gasteiger partial charge is 0.310 e. The molecule has 0 fully saturated rings. The molecule has 1 aliphatic rings. The molecule has 0 bridgehead atoms. The Morgan fingerprint density at radius 3 is 2.61 bits per heavy atom. The van der Waals surface area contributed by atoms with Crippen molar-refractivity contribution in [2.45, 2.75) is 38.4 Å². The summed E-state index contributed by atoms with van der Waals surface area (Å²) in [5.74, 6) is 0. The Balaban J connectivity index is 1.22. The van der Waals surface area contributed by atoms with Crippen LogP contribution < -0.4 is 10.9 Å². The SMILES string of the molecule is O=c1c2c3c(sc2ncn1Cc1cccc(-c2ccccc2)c1)CC(NCc1ccc(Cl)cc1)CC3. The summed E-state index contributed by atoms with van der Waals surface area (Å²) in [5.41, 5.74) is 5.91. The van der Waals surface area contributed by atoms with Gasteiger partial charge < -0.3 is 5.32 Å². The normalized spacial score (nSPS) is 15.2. The fourth-order valence-corrected chi connectivity index (χ4v) is 6.41. The first kappa shape index (κ1) is 23.2. The predicted octanol–water partition coefficient (Wildman–Crippen LogP) is 6.47. The molecule has 0 amide bonds. The van der Waals surface area contributed by atoms with Crippen LogP contribution in [-0.2, 0) is 25.9 Å². The van der Waals surface area contributed by atoms with Crippen molar-refractivity contribution in [3.05, 3.63) is 122 Å². The molecule has 1 aliphatic carbocycles. The van der Waals surface area contributed by atoms with Crippen LogP contribution in [0.4, 0.5) is 0 Å². The van der Waals surface area contributed by atoms with Gasteiger partial charge in [0.05, 0.1) is 18.3 Å². The summed E-state index contributed by atoms with van der Waals surface area (Å²) in [5, 5.41) is 5.25. The summed E-state index contributed by atoms with van der Waals surface area (Å²) in [4.78, 5) is 20.4. The maximum atomic E-state index is 13.5. The van der Waals surface area contributed by atoms with Crippen LogP contribution in [0.15, 0.2) is 90.0 Å². The molecular formula is C30H26ClN3OS. The van der Waals surface area contributed by atoms with Gasteiger partial charge >= 0.3 is 0 Å². The van der Waals surface area contributed by atoms with Gasteiger partial charge in [-0.1, -0.05) is 72.3 Å². The van der Waals surface area contributed by atoms with E-state index in [1.807, 2.05) is 30.3 Å². The number of aryl methyl sites for hydroxylation is 1. The molecule has 0 radical (unpaired) electrons. The number of halogens is 1. The lowest BCUT2D eigenvalue weighted by Crippen LogP contribution is -2.33. The number of hydrogen-bond acceptors (Lipinski definition) is 4. The lowest BCUT2D eigenvalue weighted by Gasteiger charge is -2.23. The van der Waals surface area contributed by atoms with Crippen molar-refractivity contribution in [3.63, 3.8) is 0 Å². The number of rotatable bonds is 6. The summed E-state index contributed by atoms with van der Waals surface area (Å²) in [6.07, 6.45) is 4.55. The van der Waals surface area contributed by atoms with Gasteiger partial charge in [-0.3, -0.25) is 9.36 Å². The average molecular weight is 512 g/mol. The first-order valence-electron chi connectivity index (χ1n) is 12.3. The predicted molar refractivity (Wildman–Crippen MR) is 149 cm³/mol. The lowest BCUT2D eigenvalue weighted by atomic mass is 9.93. The van der Waals surface area contributed by atoms with Crippen LogP contribution >= 0.6 is 22.9 Å². The zero-order valence-corrected chi connectivity index (χ0v) is 21.4. The maximum absolute atomic E-state index is 13.5. The van der Waals surface area contributed by atoms with Crippen LogP contribution in [-0.4, -0.2) is 15.6 Å². The zero-order chi connectivity index (χ0) is 24.5. The molecule has 0 spiro atoms. The van der Waals surface area contributed by atoms with E-state index in [9.17, 15) is 4.79 Å². The van der Waals surface area contributed by atoms with Crippen molar-refractivity contribution in [2.24, 2.45) is 0 Å². The topological polar surface area (TPSA) is 46.9 Å². The quantitative estimate of drug-likeness (QED) is 0.284. The first-order chi connectivity index (χ1) is 17.6. The zero-order valence-electron chi connectivity index (χ0n) is 19.8. The van der Waals surface area contributed by atoms with E-state index in [4.69, 9.17) is 16.6 Å². The van der Waals surface area contributed by atoms with Crippen LogP contribution in [0.2, 0.25) is 5.02 Å². The van der Waals surface area contributed by atoms with E-state index in [0.29, 0.717) is 12.6 Å². The molecular weight excluding hydrogens is 486 g/mol. The van der Waals surface area contributed by atoms with E-state index < -0.39 is 0 Å². The molecule has 2 heterocycles. The van der Waals surface area contributed by atoms with Crippen LogP contribution in [0.5, 0.6) is 0 Å². The molecule has 4 nitrogen and oxygen atoms in total. The number of nitrogens with zero attached hydrogens (tertiary/aromatic N) is 2. The van der Waals surface area contributed by atoms with Gasteiger partial charge in [-0.25, -0.2) is 4.98 Å². The van der Waals surface area contributed by atoms with Gasteiger partial charge in [0, 0.05) is 22.5 Å². The van der Waals surface area contributed by atoms with Crippen molar-refractivity contribution in [2.75, 3.05) is 0 Å². The molecule has 0 aliphatic heterocycles. The highest BCUT2D eigenvalue weighted by atomic mass is 35.5. The number of aromatic nitrogens is 2. The highest BCUT2D eigenvalue weighted by Crippen LogP contribution is 2.34. The fraction of sp³-hybridized carbons (Fsp3) is 0.200. The molecule has 5 aromatic rings. The third-order valence-electron chi connectivity index (χ3n) is 6.93. The molecule has 1 unspecified atom stereocenters. The van der Waals surface area contributed by atoms with Crippen molar-refractivity contribution < 1.29 is 0 Å². The minimum Gasteiger partial charge on any atom is -0.310 e. The number of nitrogens with one attached hydrogen (secondary N) is 1. The lowest BCUT2D eigenvalue weighted by molar-refractivity contribution is 0.463. The Kier molecular flexibility index (Phi) is 6.45. The third kappa shape index (κ3) is 4.74. The summed E-state index contributed by atoms with van der Waals surface area (Å²) in [6.45, 7) is 1.33. The smallest absolute Gasteiger partial charge is 0.262 e. The van der Waals surface area contributed by atoms with Crippen molar-refractivity contribution in [3.8, 4) is 11.1 Å². The van der Waals surface area contributed by atoms with Crippen molar-refractivity contribution in [1.82, 2.24) is 14.9 Å².